The van der Waals surface area contributed by atoms with Crippen LogP contribution in [0.2, 0.25) is 0 Å². The van der Waals surface area contributed by atoms with Gasteiger partial charge >= 0.3 is 0 Å². The fourth-order valence-corrected chi connectivity index (χ4v) is 5.71. The normalized spacial score (nSPS) is 17.1. The average Bonchev–Trinajstić information content (AvgIpc) is 3.21. The number of aromatic nitrogens is 1. The molecule has 1 unspecified atom stereocenters. The Bertz CT molecular complexity index is 1200. The van der Waals surface area contributed by atoms with Crippen molar-refractivity contribution >= 4 is 21.6 Å². The number of nitrogens with one attached hydrogen (secondary N) is 1. The molecule has 1 aromatic heterocycles. The summed E-state index contributed by atoms with van der Waals surface area (Å²) in [6.07, 6.45) is 5.87. The van der Waals surface area contributed by atoms with Crippen LogP contribution in [0.15, 0.2) is 24.3 Å². The third-order valence-corrected chi connectivity index (χ3v) is 7.57. The van der Waals surface area contributed by atoms with Crippen LogP contribution in [0.4, 0.5) is 10.2 Å². The molecule has 1 aromatic carbocycles. The summed E-state index contributed by atoms with van der Waals surface area (Å²) >= 11 is 0. The van der Waals surface area contributed by atoms with Crippen LogP contribution in [0.25, 0.3) is 0 Å². The second kappa shape index (κ2) is 9.56. The number of hydrogen-bond donors (Lipinski definition) is 1. The standard InChI is InChI=1S/C23H25FN4O3S/c1-4-10-27(20-9-11-32(30,31)15-20)14-22(29)26-23-21(12-25)16(2)17(3)28(23)13-18-5-7-19(24)8-6-18/h1,5-8,20H,9-11,13-15H2,2-3H3,(H,26,29). The number of sulfone groups is 1. The number of benzene rings is 1. The lowest BCUT2D eigenvalue weighted by molar-refractivity contribution is -0.117. The number of terminal acetylenes is 1. The van der Waals surface area contributed by atoms with E-state index in [9.17, 15) is 22.9 Å². The quantitative estimate of drug-likeness (QED) is 0.645. The summed E-state index contributed by atoms with van der Waals surface area (Å²) in [5.41, 5.74) is 2.72. The smallest absolute Gasteiger partial charge is 0.239 e. The summed E-state index contributed by atoms with van der Waals surface area (Å²) in [6, 6.07) is 7.85. The molecule has 0 aliphatic carbocycles. The van der Waals surface area contributed by atoms with Crippen LogP contribution in [0.5, 0.6) is 0 Å². The summed E-state index contributed by atoms with van der Waals surface area (Å²) in [5.74, 6) is 2.17. The van der Waals surface area contributed by atoms with Gasteiger partial charge in [-0.2, -0.15) is 5.26 Å². The maximum absolute atomic E-state index is 13.3. The topological polar surface area (TPSA) is 95.2 Å². The predicted molar refractivity (Wildman–Crippen MR) is 120 cm³/mol. The van der Waals surface area contributed by atoms with Gasteiger partial charge in [0, 0.05) is 18.3 Å². The molecule has 168 valence electrons. The Hall–Kier alpha value is -3.14. The van der Waals surface area contributed by atoms with E-state index in [0.29, 0.717) is 24.3 Å². The SMILES string of the molecule is C#CCN(CC(=O)Nc1c(C#N)c(C)c(C)n1Cc1ccc(F)cc1)C1CCS(=O)(=O)C1. The Kier molecular flexibility index (Phi) is 7.02. The predicted octanol–water partition coefficient (Wildman–Crippen LogP) is 2.22. The molecule has 1 amide bonds. The highest BCUT2D eigenvalue weighted by Gasteiger charge is 2.33. The highest BCUT2D eigenvalue weighted by atomic mass is 32.2. The van der Waals surface area contributed by atoms with Crippen molar-refractivity contribution in [2.24, 2.45) is 0 Å². The van der Waals surface area contributed by atoms with Gasteiger partial charge in [-0.1, -0.05) is 18.1 Å². The van der Waals surface area contributed by atoms with Gasteiger partial charge in [-0.25, -0.2) is 12.8 Å². The van der Waals surface area contributed by atoms with Crippen molar-refractivity contribution in [3.8, 4) is 18.4 Å². The third kappa shape index (κ3) is 5.18. The fourth-order valence-electron chi connectivity index (χ4n) is 3.95. The lowest BCUT2D eigenvalue weighted by Crippen LogP contribution is -2.42. The molecule has 0 saturated carbocycles. The van der Waals surface area contributed by atoms with E-state index in [4.69, 9.17) is 6.42 Å². The van der Waals surface area contributed by atoms with Crippen molar-refractivity contribution in [3.63, 3.8) is 0 Å². The Labute approximate surface area is 187 Å². The molecule has 7 nitrogen and oxygen atoms in total. The van der Waals surface area contributed by atoms with E-state index in [1.807, 2.05) is 11.5 Å². The van der Waals surface area contributed by atoms with Gasteiger partial charge in [-0.3, -0.25) is 9.69 Å². The van der Waals surface area contributed by atoms with Gasteiger partial charge in [0.1, 0.15) is 17.7 Å². The number of anilines is 1. The molecule has 0 spiro atoms. The zero-order valence-electron chi connectivity index (χ0n) is 18.1. The number of amides is 1. The second-order valence-electron chi connectivity index (χ2n) is 7.97. The molecule has 1 N–H and O–H groups in total. The van der Waals surface area contributed by atoms with Gasteiger partial charge in [0.2, 0.25) is 5.91 Å². The van der Waals surface area contributed by atoms with Gasteiger partial charge in [0.05, 0.1) is 30.2 Å². The van der Waals surface area contributed by atoms with Gasteiger partial charge < -0.3 is 9.88 Å². The lowest BCUT2D eigenvalue weighted by atomic mass is 10.2. The largest absolute Gasteiger partial charge is 0.326 e. The van der Waals surface area contributed by atoms with Crippen molar-refractivity contribution in [1.29, 1.82) is 5.26 Å². The van der Waals surface area contributed by atoms with Crippen molar-refractivity contribution < 1.29 is 17.6 Å². The van der Waals surface area contributed by atoms with E-state index in [-0.39, 0.29) is 42.4 Å². The molecule has 2 aromatic rings. The van der Waals surface area contributed by atoms with Crippen LogP contribution < -0.4 is 5.32 Å². The van der Waals surface area contributed by atoms with Crippen LogP contribution in [0.1, 0.15) is 28.8 Å². The molecule has 32 heavy (non-hydrogen) atoms. The Morgan fingerprint density at radius 2 is 2.03 bits per heavy atom. The number of carbonyl (C=O) groups excluding carboxylic acids is 1. The van der Waals surface area contributed by atoms with Gasteiger partial charge in [-0.05, 0) is 43.5 Å². The number of halogens is 1. The van der Waals surface area contributed by atoms with Crippen LogP contribution >= 0.6 is 0 Å². The Morgan fingerprint density at radius 1 is 1.34 bits per heavy atom. The minimum Gasteiger partial charge on any atom is -0.326 e. The van der Waals surface area contributed by atoms with E-state index in [2.05, 4.69) is 17.3 Å². The number of rotatable bonds is 7. The molecule has 1 aliphatic heterocycles. The van der Waals surface area contributed by atoms with E-state index < -0.39 is 9.84 Å². The third-order valence-electron chi connectivity index (χ3n) is 5.82. The maximum atomic E-state index is 13.3. The van der Waals surface area contributed by atoms with Crippen molar-refractivity contribution in [2.45, 2.75) is 32.9 Å². The minimum atomic E-state index is -3.13. The average molecular weight is 457 g/mol. The first-order valence-electron chi connectivity index (χ1n) is 10.2. The Morgan fingerprint density at radius 3 is 2.59 bits per heavy atom. The summed E-state index contributed by atoms with van der Waals surface area (Å²) in [5, 5.41) is 12.5. The summed E-state index contributed by atoms with van der Waals surface area (Å²) in [6.45, 7) is 4.06. The van der Waals surface area contributed by atoms with E-state index >= 15 is 0 Å². The van der Waals surface area contributed by atoms with Crippen LogP contribution in [0, 0.1) is 43.3 Å². The first-order valence-corrected chi connectivity index (χ1v) is 12.0. The number of hydrogen-bond acceptors (Lipinski definition) is 5. The molecule has 0 bridgehead atoms. The highest BCUT2D eigenvalue weighted by Crippen LogP contribution is 2.27. The first kappa shape index (κ1) is 23.5. The van der Waals surface area contributed by atoms with E-state index in [1.165, 1.54) is 12.1 Å². The van der Waals surface area contributed by atoms with Gasteiger partial charge in [0.25, 0.3) is 0 Å². The van der Waals surface area contributed by atoms with Crippen LogP contribution in [-0.4, -0.2) is 54.4 Å². The Balaban J connectivity index is 1.84. The van der Waals surface area contributed by atoms with E-state index in [1.54, 1.807) is 24.0 Å². The molecule has 1 atom stereocenters. The summed E-state index contributed by atoms with van der Waals surface area (Å²) < 4.78 is 38.8. The van der Waals surface area contributed by atoms with Crippen LogP contribution in [-0.2, 0) is 21.2 Å². The van der Waals surface area contributed by atoms with Crippen molar-refractivity contribution in [2.75, 3.05) is 29.9 Å². The first-order chi connectivity index (χ1) is 15.1. The van der Waals surface area contributed by atoms with E-state index in [0.717, 1.165) is 16.8 Å². The monoisotopic (exact) mass is 456 g/mol. The zero-order chi connectivity index (χ0) is 23.5. The zero-order valence-corrected chi connectivity index (χ0v) is 18.9. The molecule has 3 rings (SSSR count). The van der Waals surface area contributed by atoms with Crippen molar-refractivity contribution in [1.82, 2.24) is 9.47 Å². The van der Waals surface area contributed by atoms with Gasteiger partial charge in [0.15, 0.2) is 9.84 Å². The lowest BCUT2D eigenvalue weighted by Gasteiger charge is -2.25. The summed E-state index contributed by atoms with van der Waals surface area (Å²) in [7, 11) is -3.13. The number of nitrogens with zero attached hydrogens (tertiary/aromatic N) is 3. The second-order valence-corrected chi connectivity index (χ2v) is 10.2. The number of nitriles is 1. The molecular formula is C23H25FN4O3S. The maximum Gasteiger partial charge on any atom is 0.239 e. The van der Waals surface area contributed by atoms with Crippen LogP contribution in [0.3, 0.4) is 0 Å². The fraction of sp³-hybridized carbons (Fsp3) is 0.391. The minimum absolute atomic E-state index is 0.0232. The molecule has 9 heteroatoms. The number of carbonyl (C=O) groups is 1. The molecule has 1 fully saturated rings. The molecule has 2 heterocycles. The van der Waals surface area contributed by atoms with Gasteiger partial charge in [-0.15, -0.1) is 6.42 Å². The molecule has 1 aliphatic rings. The molecule has 0 radical (unpaired) electrons. The van der Waals surface area contributed by atoms with Crippen molar-refractivity contribution in [3.05, 3.63) is 52.5 Å². The molecular weight excluding hydrogens is 431 g/mol. The molecule has 1 saturated heterocycles. The highest BCUT2D eigenvalue weighted by molar-refractivity contribution is 7.91. The summed E-state index contributed by atoms with van der Waals surface area (Å²) in [4.78, 5) is 14.6.